The lowest BCUT2D eigenvalue weighted by atomic mass is 10.1. The summed E-state index contributed by atoms with van der Waals surface area (Å²) < 4.78 is 11.6. The number of oxazole rings is 1. The van der Waals surface area contributed by atoms with Gasteiger partial charge in [0.25, 0.3) is 5.91 Å². The van der Waals surface area contributed by atoms with E-state index in [4.69, 9.17) is 32.4 Å². The Morgan fingerprint density at radius 1 is 1.03 bits per heavy atom. The van der Waals surface area contributed by atoms with E-state index in [1.54, 1.807) is 50.2 Å². The second kappa shape index (κ2) is 8.01. The lowest BCUT2D eigenvalue weighted by Gasteiger charge is -2.25. The molecule has 0 spiro atoms. The largest absolute Gasteiger partial charge is 0.478 e. The number of carbonyl (C=O) groups excluding carboxylic acids is 1. The van der Waals surface area contributed by atoms with Crippen LogP contribution in [-0.2, 0) is 4.79 Å². The van der Waals surface area contributed by atoms with Crippen molar-refractivity contribution >= 4 is 45.9 Å². The van der Waals surface area contributed by atoms with Crippen molar-refractivity contribution in [3.63, 3.8) is 0 Å². The zero-order valence-electron chi connectivity index (χ0n) is 16.3. The quantitative estimate of drug-likeness (QED) is 0.379. The highest BCUT2D eigenvalue weighted by Gasteiger charge is 2.30. The number of aromatic nitrogens is 1. The van der Waals surface area contributed by atoms with Gasteiger partial charge in [-0.2, -0.15) is 0 Å². The summed E-state index contributed by atoms with van der Waals surface area (Å²) in [5, 5.41) is 3.77. The van der Waals surface area contributed by atoms with Crippen LogP contribution in [0.25, 0.3) is 22.6 Å². The molecule has 4 aromatic rings. The van der Waals surface area contributed by atoms with Crippen LogP contribution >= 0.6 is 23.2 Å². The lowest BCUT2D eigenvalue weighted by molar-refractivity contribution is -0.128. The van der Waals surface area contributed by atoms with E-state index in [2.05, 4.69) is 10.3 Å². The van der Waals surface area contributed by atoms with E-state index >= 15 is 0 Å². The Balaban J connectivity index is 1.50. The fraction of sp³-hybridized carbons (Fsp3) is 0.130. The molecule has 0 aliphatic heterocycles. The molecule has 0 aliphatic carbocycles. The standard InChI is InChI=1S/C23H18Cl2N2O3/c1-23(2,30-17-6-4-3-5-7-17)22(28)26-16-10-8-14(9-11-16)21-27-19-13-15(24)12-18(25)20(19)29-21/h3-13H,1-2H3,(H,26,28). The highest BCUT2D eigenvalue weighted by atomic mass is 35.5. The summed E-state index contributed by atoms with van der Waals surface area (Å²) >= 11 is 12.2. The molecule has 3 aromatic carbocycles. The van der Waals surface area contributed by atoms with Crippen LogP contribution in [0.5, 0.6) is 5.75 Å². The first-order valence-electron chi connectivity index (χ1n) is 9.23. The van der Waals surface area contributed by atoms with Gasteiger partial charge >= 0.3 is 0 Å². The van der Waals surface area contributed by atoms with E-state index in [0.29, 0.717) is 38.5 Å². The summed E-state index contributed by atoms with van der Waals surface area (Å²) in [7, 11) is 0. The van der Waals surface area contributed by atoms with Crippen molar-refractivity contribution in [1.82, 2.24) is 4.98 Å². The van der Waals surface area contributed by atoms with Crippen LogP contribution in [0.4, 0.5) is 5.69 Å². The zero-order chi connectivity index (χ0) is 21.3. The molecule has 5 nitrogen and oxygen atoms in total. The number of benzene rings is 3. The molecule has 1 N–H and O–H groups in total. The Morgan fingerprint density at radius 2 is 1.73 bits per heavy atom. The van der Waals surface area contributed by atoms with E-state index in [0.717, 1.165) is 5.56 Å². The summed E-state index contributed by atoms with van der Waals surface area (Å²) in [6.45, 7) is 3.44. The van der Waals surface area contributed by atoms with E-state index < -0.39 is 5.60 Å². The normalized spacial score (nSPS) is 11.5. The molecule has 0 unspecified atom stereocenters. The van der Waals surface area contributed by atoms with Gasteiger partial charge in [-0.15, -0.1) is 0 Å². The number of rotatable bonds is 5. The third kappa shape index (κ3) is 4.27. The van der Waals surface area contributed by atoms with Gasteiger partial charge < -0.3 is 14.5 Å². The van der Waals surface area contributed by atoms with Crippen molar-refractivity contribution in [2.45, 2.75) is 19.4 Å². The van der Waals surface area contributed by atoms with Crippen LogP contribution in [0.2, 0.25) is 10.0 Å². The van der Waals surface area contributed by atoms with Crippen molar-refractivity contribution in [3.8, 4) is 17.2 Å². The Hall–Kier alpha value is -3.02. The number of nitrogens with zero attached hydrogens (tertiary/aromatic N) is 1. The van der Waals surface area contributed by atoms with Crippen molar-refractivity contribution in [2.24, 2.45) is 0 Å². The highest BCUT2D eigenvalue weighted by Crippen LogP contribution is 2.32. The molecule has 4 rings (SSSR count). The number of hydrogen-bond acceptors (Lipinski definition) is 4. The van der Waals surface area contributed by atoms with Crippen LogP contribution in [0, 0.1) is 0 Å². The molecular weight excluding hydrogens is 423 g/mol. The minimum absolute atomic E-state index is 0.262. The molecule has 1 heterocycles. The van der Waals surface area contributed by atoms with E-state index in [1.165, 1.54) is 0 Å². The van der Waals surface area contributed by atoms with E-state index in [9.17, 15) is 4.79 Å². The fourth-order valence-corrected chi connectivity index (χ4v) is 3.41. The van der Waals surface area contributed by atoms with Gasteiger partial charge in [0.15, 0.2) is 11.2 Å². The minimum Gasteiger partial charge on any atom is -0.478 e. The average molecular weight is 441 g/mol. The monoisotopic (exact) mass is 440 g/mol. The summed E-state index contributed by atoms with van der Waals surface area (Å²) in [5.41, 5.74) is 1.39. The topological polar surface area (TPSA) is 64.4 Å². The number of ether oxygens (including phenoxy) is 1. The molecule has 0 radical (unpaired) electrons. The number of anilines is 1. The van der Waals surface area contributed by atoms with Gasteiger partial charge in [0, 0.05) is 16.3 Å². The molecule has 0 saturated carbocycles. The third-order valence-electron chi connectivity index (χ3n) is 4.46. The number of hydrogen-bond donors (Lipinski definition) is 1. The first kappa shape index (κ1) is 20.3. The number of halogens is 2. The number of para-hydroxylation sites is 1. The fourth-order valence-electron chi connectivity index (χ4n) is 2.89. The van der Waals surface area contributed by atoms with Gasteiger partial charge in [0.05, 0.1) is 5.02 Å². The van der Waals surface area contributed by atoms with Crippen LogP contribution in [0.15, 0.2) is 71.1 Å². The van der Waals surface area contributed by atoms with Crippen LogP contribution in [0.1, 0.15) is 13.8 Å². The lowest BCUT2D eigenvalue weighted by Crippen LogP contribution is -2.42. The molecule has 0 aliphatic rings. The second-order valence-electron chi connectivity index (χ2n) is 7.21. The van der Waals surface area contributed by atoms with Gasteiger partial charge in [-0.25, -0.2) is 4.98 Å². The molecule has 7 heteroatoms. The van der Waals surface area contributed by atoms with Gasteiger partial charge in [-0.05, 0) is 62.4 Å². The molecule has 30 heavy (non-hydrogen) atoms. The molecule has 0 bridgehead atoms. The Morgan fingerprint density at radius 3 is 2.43 bits per heavy atom. The number of fused-ring (bicyclic) bond motifs is 1. The maximum Gasteiger partial charge on any atom is 0.267 e. The molecule has 1 aromatic heterocycles. The molecule has 0 atom stereocenters. The van der Waals surface area contributed by atoms with Gasteiger partial charge in [-0.1, -0.05) is 41.4 Å². The maximum absolute atomic E-state index is 12.7. The van der Waals surface area contributed by atoms with Crippen LogP contribution in [0.3, 0.4) is 0 Å². The highest BCUT2D eigenvalue weighted by molar-refractivity contribution is 6.38. The predicted molar refractivity (Wildman–Crippen MR) is 119 cm³/mol. The first-order chi connectivity index (χ1) is 14.3. The smallest absolute Gasteiger partial charge is 0.267 e. The predicted octanol–water partition coefficient (Wildman–Crippen LogP) is 6.60. The maximum atomic E-state index is 12.7. The zero-order valence-corrected chi connectivity index (χ0v) is 17.8. The third-order valence-corrected chi connectivity index (χ3v) is 4.96. The first-order valence-corrected chi connectivity index (χ1v) is 9.99. The Kier molecular flexibility index (Phi) is 5.41. The van der Waals surface area contributed by atoms with Crippen LogP contribution in [-0.4, -0.2) is 16.5 Å². The molecule has 0 saturated heterocycles. The summed E-state index contributed by atoms with van der Waals surface area (Å²) in [6.07, 6.45) is 0. The number of nitrogens with one attached hydrogen (secondary N) is 1. The van der Waals surface area contributed by atoms with Crippen molar-refractivity contribution < 1.29 is 13.9 Å². The van der Waals surface area contributed by atoms with Crippen molar-refractivity contribution in [3.05, 3.63) is 76.8 Å². The van der Waals surface area contributed by atoms with Crippen LogP contribution < -0.4 is 10.1 Å². The molecular formula is C23H18Cl2N2O3. The number of carbonyl (C=O) groups is 1. The summed E-state index contributed by atoms with van der Waals surface area (Å²) in [6, 6.07) is 19.7. The minimum atomic E-state index is -1.05. The second-order valence-corrected chi connectivity index (χ2v) is 8.06. The molecule has 152 valence electrons. The Labute approximate surface area is 183 Å². The number of amides is 1. The SMILES string of the molecule is CC(C)(Oc1ccccc1)C(=O)Nc1ccc(-c2nc3cc(Cl)cc(Cl)c3o2)cc1. The molecule has 0 fully saturated rings. The van der Waals surface area contributed by atoms with E-state index in [-0.39, 0.29) is 5.91 Å². The summed E-state index contributed by atoms with van der Waals surface area (Å²) in [4.78, 5) is 17.1. The van der Waals surface area contributed by atoms with Gasteiger partial charge in [0.1, 0.15) is 11.3 Å². The van der Waals surface area contributed by atoms with Crippen molar-refractivity contribution in [2.75, 3.05) is 5.32 Å². The van der Waals surface area contributed by atoms with Gasteiger partial charge in [0.2, 0.25) is 5.89 Å². The molecule has 1 amide bonds. The average Bonchev–Trinajstić information content (AvgIpc) is 3.13. The van der Waals surface area contributed by atoms with E-state index in [1.807, 2.05) is 30.3 Å². The summed E-state index contributed by atoms with van der Waals surface area (Å²) in [5.74, 6) is 0.782. The Bertz CT molecular complexity index is 1200. The van der Waals surface area contributed by atoms with Crippen molar-refractivity contribution in [1.29, 1.82) is 0 Å². The van der Waals surface area contributed by atoms with Gasteiger partial charge in [-0.3, -0.25) is 4.79 Å².